The van der Waals surface area contributed by atoms with Crippen molar-refractivity contribution >= 4 is 15.9 Å². The Morgan fingerprint density at radius 1 is 1.38 bits per heavy atom. The zero-order valence-corrected chi connectivity index (χ0v) is 7.89. The van der Waals surface area contributed by atoms with Gasteiger partial charge in [-0.25, -0.2) is 4.98 Å². The first-order chi connectivity index (χ1) is 5.97. The van der Waals surface area contributed by atoms with Gasteiger partial charge in [-0.1, -0.05) is 6.07 Å². The highest BCUT2D eigenvalue weighted by molar-refractivity contribution is 9.10. The normalized spacial score (nSPS) is 11.7. The molecule has 0 aromatic carbocycles. The van der Waals surface area contributed by atoms with Crippen molar-refractivity contribution in [3.05, 3.63) is 28.5 Å². The Hall–Kier alpha value is -0.620. The van der Waals surface area contributed by atoms with E-state index in [-0.39, 0.29) is 0 Å². The molecule has 0 saturated heterocycles. The van der Waals surface area contributed by atoms with Gasteiger partial charge in [0, 0.05) is 6.20 Å². The minimum absolute atomic E-state index is 0.375. The molecule has 1 aromatic heterocycles. The van der Waals surface area contributed by atoms with Gasteiger partial charge in [0.25, 0.3) is 0 Å². The molecule has 0 saturated carbocycles. The van der Waals surface area contributed by atoms with E-state index in [0.717, 1.165) is 0 Å². The number of hydrogen-bond donors (Lipinski definition) is 0. The van der Waals surface area contributed by atoms with E-state index in [0.29, 0.717) is 10.2 Å². The molecule has 0 bridgehead atoms. The third-order valence-electron chi connectivity index (χ3n) is 1.19. The highest BCUT2D eigenvalue weighted by Gasteiger charge is 2.28. The minimum atomic E-state index is -4.59. The minimum Gasteiger partial charge on any atom is -0.287 e. The van der Waals surface area contributed by atoms with Crippen molar-refractivity contribution in [3.63, 3.8) is 0 Å². The standard InChI is InChI=1S/C7H5BrF3NO/c8-6-2-1-5(3-12-6)4-13-7(9,10)11/h1-3H,4H2. The van der Waals surface area contributed by atoms with E-state index in [1.807, 2.05) is 0 Å². The van der Waals surface area contributed by atoms with Crippen molar-refractivity contribution in [2.24, 2.45) is 0 Å². The maximum absolute atomic E-state index is 11.6. The summed E-state index contributed by atoms with van der Waals surface area (Å²) in [5.41, 5.74) is 0.375. The molecular weight excluding hydrogens is 251 g/mol. The summed E-state index contributed by atoms with van der Waals surface area (Å²) in [7, 11) is 0. The van der Waals surface area contributed by atoms with Gasteiger partial charge in [-0.3, -0.25) is 4.74 Å². The second-order valence-electron chi connectivity index (χ2n) is 2.22. The van der Waals surface area contributed by atoms with Gasteiger partial charge in [0.1, 0.15) is 4.60 Å². The van der Waals surface area contributed by atoms with E-state index in [1.165, 1.54) is 12.3 Å². The molecule has 1 heterocycles. The van der Waals surface area contributed by atoms with E-state index in [9.17, 15) is 13.2 Å². The maximum Gasteiger partial charge on any atom is 0.522 e. The lowest BCUT2D eigenvalue weighted by atomic mass is 10.3. The molecule has 0 amide bonds. The Bertz CT molecular complexity index is 272. The first kappa shape index (κ1) is 10.5. The van der Waals surface area contributed by atoms with Crippen LogP contribution in [-0.2, 0) is 11.3 Å². The zero-order chi connectivity index (χ0) is 9.90. The van der Waals surface area contributed by atoms with Gasteiger partial charge in [-0.15, -0.1) is 13.2 Å². The third-order valence-corrected chi connectivity index (χ3v) is 1.66. The molecule has 0 fully saturated rings. The first-order valence-electron chi connectivity index (χ1n) is 3.28. The Kier molecular flexibility index (Phi) is 3.27. The Labute approximate surface area is 80.9 Å². The van der Waals surface area contributed by atoms with Crippen LogP contribution in [0.4, 0.5) is 13.2 Å². The highest BCUT2D eigenvalue weighted by atomic mass is 79.9. The van der Waals surface area contributed by atoms with E-state index >= 15 is 0 Å². The van der Waals surface area contributed by atoms with E-state index in [4.69, 9.17) is 0 Å². The fourth-order valence-electron chi connectivity index (χ4n) is 0.657. The predicted octanol–water partition coefficient (Wildman–Crippen LogP) is 2.88. The molecule has 0 unspecified atom stereocenters. The van der Waals surface area contributed by atoms with Gasteiger partial charge < -0.3 is 0 Å². The number of pyridine rings is 1. The van der Waals surface area contributed by atoms with Gasteiger partial charge in [0.15, 0.2) is 0 Å². The third kappa shape index (κ3) is 4.23. The largest absolute Gasteiger partial charge is 0.522 e. The van der Waals surface area contributed by atoms with Crippen LogP contribution in [0.5, 0.6) is 0 Å². The summed E-state index contributed by atoms with van der Waals surface area (Å²) in [6, 6.07) is 3.05. The fourth-order valence-corrected chi connectivity index (χ4v) is 0.892. The molecule has 0 spiro atoms. The molecule has 0 aliphatic carbocycles. The lowest BCUT2D eigenvalue weighted by Gasteiger charge is -2.06. The van der Waals surface area contributed by atoms with Gasteiger partial charge in [0.05, 0.1) is 6.61 Å². The molecule has 0 aliphatic heterocycles. The summed E-state index contributed by atoms with van der Waals surface area (Å²) in [4.78, 5) is 3.75. The second kappa shape index (κ2) is 4.06. The van der Waals surface area contributed by atoms with Crippen molar-refractivity contribution in [2.45, 2.75) is 13.0 Å². The number of alkyl halides is 3. The average molecular weight is 256 g/mol. The number of hydrogen-bond acceptors (Lipinski definition) is 2. The van der Waals surface area contributed by atoms with Crippen molar-refractivity contribution in [3.8, 4) is 0 Å². The van der Waals surface area contributed by atoms with E-state index in [1.54, 1.807) is 6.07 Å². The monoisotopic (exact) mass is 255 g/mol. The molecule has 0 atom stereocenters. The molecule has 6 heteroatoms. The van der Waals surface area contributed by atoms with Crippen molar-refractivity contribution in [1.82, 2.24) is 4.98 Å². The molecule has 0 aliphatic rings. The SMILES string of the molecule is FC(F)(F)OCc1ccc(Br)nc1. The number of aromatic nitrogens is 1. The Balaban J connectivity index is 2.51. The van der Waals surface area contributed by atoms with Crippen LogP contribution in [-0.4, -0.2) is 11.3 Å². The van der Waals surface area contributed by atoms with Crippen molar-refractivity contribution in [2.75, 3.05) is 0 Å². The van der Waals surface area contributed by atoms with Crippen LogP contribution in [0.3, 0.4) is 0 Å². The van der Waals surface area contributed by atoms with Gasteiger partial charge in [0.2, 0.25) is 0 Å². The summed E-state index contributed by atoms with van der Waals surface area (Å²) in [5, 5.41) is 0. The summed E-state index contributed by atoms with van der Waals surface area (Å²) < 4.78 is 38.9. The smallest absolute Gasteiger partial charge is 0.287 e. The zero-order valence-electron chi connectivity index (χ0n) is 6.31. The molecule has 1 aromatic rings. The van der Waals surface area contributed by atoms with Gasteiger partial charge in [-0.05, 0) is 27.6 Å². The van der Waals surface area contributed by atoms with Crippen LogP contribution < -0.4 is 0 Å². The summed E-state index contributed by atoms with van der Waals surface area (Å²) in [6.45, 7) is -0.510. The average Bonchev–Trinajstić information content (AvgIpc) is 2.02. The van der Waals surface area contributed by atoms with Crippen LogP contribution in [0.25, 0.3) is 0 Å². The lowest BCUT2D eigenvalue weighted by Crippen LogP contribution is -2.12. The number of halogens is 4. The van der Waals surface area contributed by atoms with E-state index < -0.39 is 13.0 Å². The molecule has 72 valence electrons. The Morgan fingerprint density at radius 3 is 2.54 bits per heavy atom. The summed E-state index contributed by atoms with van der Waals surface area (Å²) in [6.07, 6.45) is -3.27. The Morgan fingerprint density at radius 2 is 2.08 bits per heavy atom. The number of ether oxygens (including phenoxy) is 1. The summed E-state index contributed by atoms with van der Waals surface area (Å²) >= 11 is 3.06. The molecule has 0 radical (unpaired) electrons. The maximum atomic E-state index is 11.6. The van der Waals surface area contributed by atoms with Crippen LogP contribution in [0, 0.1) is 0 Å². The summed E-state index contributed by atoms with van der Waals surface area (Å²) in [5.74, 6) is 0. The molecule has 2 nitrogen and oxygen atoms in total. The number of nitrogens with zero attached hydrogens (tertiary/aromatic N) is 1. The fraction of sp³-hybridized carbons (Fsp3) is 0.286. The topological polar surface area (TPSA) is 22.1 Å². The van der Waals surface area contributed by atoms with Gasteiger partial charge in [-0.2, -0.15) is 0 Å². The van der Waals surface area contributed by atoms with Crippen molar-refractivity contribution < 1.29 is 17.9 Å². The van der Waals surface area contributed by atoms with Crippen molar-refractivity contribution in [1.29, 1.82) is 0 Å². The molecular formula is C7H5BrF3NO. The van der Waals surface area contributed by atoms with Crippen LogP contribution in [0.2, 0.25) is 0 Å². The van der Waals surface area contributed by atoms with Crippen LogP contribution in [0.1, 0.15) is 5.56 Å². The molecule has 1 rings (SSSR count). The van der Waals surface area contributed by atoms with Gasteiger partial charge >= 0.3 is 6.36 Å². The number of rotatable bonds is 2. The predicted molar refractivity (Wildman–Crippen MR) is 42.8 cm³/mol. The molecule has 13 heavy (non-hydrogen) atoms. The van der Waals surface area contributed by atoms with E-state index in [2.05, 4.69) is 25.7 Å². The molecule has 0 N–H and O–H groups in total. The first-order valence-corrected chi connectivity index (χ1v) is 4.08. The quantitative estimate of drug-likeness (QED) is 0.759. The van der Waals surface area contributed by atoms with Crippen LogP contribution in [0.15, 0.2) is 22.9 Å². The van der Waals surface area contributed by atoms with Crippen LogP contribution >= 0.6 is 15.9 Å². The lowest BCUT2D eigenvalue weighted by molar-refractivity contribution is -0.330. The second-order valence-corrected chi connectivity index (χ2v) is 3.04. The highest BCUT2D eigenvalue weighted by Crippen LogP contribution is 2.18.